The quantitative estimate of drug-likeness (QED) is 0.826. The maximum absolute atomic E-state index is 12.2. The van der Waals surface area contributed by atoms with Crippen molar-refractivity contribution in [3.8, 4) is 0 Å². The number of carboxylic acids is 1. The maximum Gasteiger partial charge on any atom is 0.354 e. The second-order valence-corrected chi connectivity index (χ2v) is 6.84. The molecule has 108 valence electrons. The highest BCUT2D eigenvalue weighted by atomic mass is 32.2. The fourth-order valence-corrected chi connectivity index (χ4v) is 3.28. The van der Waals surface area contributed by atoms with Gasteiger partial charge in [-0.2, -0.15) is 0 Å². The van der Waals surface area contributed by atoms with Crippen LogP contribution in [0.5, 0.6) is 0 Å². The summed E-state index contributed by atoms with van der Waals surface area (Å²) in [6.45, 7) is 0.481. The highest BCUT2D eigenvalue weighted by molar-refractivity contribution is 7.91. The van der Waals surface area contributed by atoms with E-state index in [0.29, 0.717) is 13.0 Å². The number of sulfone groups is 1. The van der Waals surface area contributed by atoms with Crippen molar-refractivity contribution in [1.82, 2.24) is 9.88 Å². The predicted octanol–water partition coefficient (Wildman–Crippen LogP) is 0.0405. The number of hydrogen-bond acceptors (Lipinski definition) is 5. The van der Waals surface area contributed by atoms with Crippen LogP contribution in [0.4, 0.5) is 0 Å². The Morgan fingerprint density at radius 2 is 2.00 bits per heavy atom. The summed E-state index contributed by atoms with van der Waals surface area (Å²) in [5.41, 5.74) is -0.00464. The monoisotopic (exact) mass is 298 g/mol. The first-order valence-electron chi connectivity index (χ1n) is 6.08. The summed E-state index contributed by atoms with van der Waals surface area (Å²) in [6.07, 6.45) is 1.65. The molecule has 1 aromatic heterocycles. The molecule has 1 fully saturated rings. The Morgan fingerprint density at radius 3 is 2.70 bits per heavy atom. The molecule has 1 amide bonds. The molecule has 0 spiro atoms. The fraction of sp³-hybridized carbons (Fsp3) is 0.417. The van der Waals surface area contributed by atoms with Gasteiger partial charge in [0.25, 0.3) is 5.91 Å². The number of amides is 1. The summed E-state index contributed by atoms with van der Waals surface area (Å²) in [6, 6.07) is 2.62. The van der Waals surface area contributed by atoms with E-state index in [1.54, 1.807) is 0 Å². The van der Waals surface area contributed by atoms with Gasteiger partial charge in [0.1, 0.15) is 5.69 Å². The highest BCUT2D eigenvalue weighted by Crippen LogP contribution is 2.11. The zero-order valence-electron chi connectivity index (χ0n) is 10.7. The largest absolute Gasteiger partial charge is 0.477 e. The Hall–Kier alpha value is -1.96. The minimum Gasteiger partial charge on any atom is -0.477 e. The zero-order chi connectivity index (χ0) is 14.8. The van der Waals surface area contributed by atoms with Crippen LogP contribution in [-0.2, 0) is 9.84 Å². The van der Waals surface area contributed by atoms with Gasteiger partial charge in [0.05, 0.1) is 11.5 Å². The number of aromatic carboxylic acids is 1. The predicted molar refractivity (Wildman–Crippen MR) is 70.4 cm³/mol. The molecule has 7 nitrogen and oxygen atoms in total. The van der Waals surface area contributed by atoms with E-state index in [-0.39, 0.29) is 35.2 Å². The maximum atomic E-state index is 12.2. The third kappa shape index (κ3) is 3.32. The van der Waals surface area contributed by atoms with E-state index in [0.717, 1.165) is 0 Å². The van der Waals surface area contributed by atoms with Gasteiger partial charge in [0.2, 0.25) is 0 Å². The van der Waals surface area contributed by atoms with E-state index in [1.807, 2.05) is 0 Å². The van der Waals surface area contributed by atoms with Crippen molar-refractivity contribution < 1.29 is 23.1 Å². The smallest absolute Gasteiger partial charge is 0.354 e. The minimum atomic E-state index is -3.09. The van der Waals surface area contributed by atoms with Crippen LogP contribution in [-0.4, -0.2) is 59.9 Å². The number of hydrogen-bond donors (Lipinski definition) is 1. The van der Waals surface area contributed by atoms with Crippen molar-refractivity contribution in [2.75, 3.05) is 24.6 Å². The first-order chi connectivity index (χ1) is 9.39. The average Bonchev–Trinajstić information content (AvgIpc) is 2.59. The van der Waals surface area contributed by atoms with Gasteiger partial charge >= 0.3 is 5.97 Å². The van der Waals surface area contributed by atoms with Crippen molar-refractivity contribution in [2.24, 2.45) is 0 Å². The topological polar surface area (TPSA) is 105 Å². The lowest BCUT2D eigenvalue weighted by molar-refractivity contribution is 0.0690. The number of carbonyl (C=O) groups is 2. The Morgan fingerprint density at radius 1 is 1.25 bits per heavy atom. The average molecular weight is 298 g/mol. The third-order valence-electron chi connectivity index (χ3n) is 3.07. The molecular formula is C12H14N2O5S. The van der Waals surface area contributed by atoms with Crippen LogP contribution >= 0.6 is 0 Å². The van der Waals surface area contributed by atoms with Crippen LogP contribution in [0.15, 0.2) is 18.3 Å². The molecule has 0 atom stereocenters. The lowest BCUT2D eigenvalue weighted by atomic mass is 10.2. The van der Waals surface area contributed by atoms with Crippen molar-refractivity contribution >= 4 is 21.7 Å². The summed E-state index contributed by atoms with van der Waals surface area (Å²) < 4.78 is 23.0. The second-order valence-electron chi connectivity index (χ2n) is 4.53. The summed E-state index contributed by atoms with van der Waals surface area (Å²) in [7, 11) is -3.09. The first kappa shape index (κ1) is 14.4. The van der Waals surface area contributed by atoms with Crippen LogP contribution in [0.3, 0.4) is 0 Å². The van der Waals surface area contributed by atoms with Crippen molar-refractivity contribution in [2.45, 2.75) is 6.42 Å². The van der Waals surface area contributed by atoms with Crippen molar-refractivity contribution in [1.29, 1.82) is 0 Å². The lowest BCUT2D eigenvalue weighted by Gasteiger charge is -2.19. The molecule has 20 heavy (non-hydrogen) atoms. The van der Waals surface area contributed by atoms with E-state index in [1.165, 1.54) is 23.2 Å². The molecule has 0 aliphatic carbocycles. The summed E-state index contributed by atoms with van der Waals surface area (Å²) in [4.78, 5) is 28.2. The summed E-state index contributed by atoms with van der Waals surface area (Å²) in [5, 5.41) is 8.85. The van der Waals surface area contributed by atoms with Gasteiger partial charge in [-0.3, -0.25) is 4.79 Å². The standard InChI is InChI=1S/C12H14N2O5S/c15-11(9-2-3-13-10(8-9)12(16)17)14-4-1-6-20(18,19)7-5-14/h2-3,8H,1,4-7H2,(H,16,17). The molecule has 2 rings (SSSR count). The SMILES string of the molecule is O=C(O)c1cc(C(=O)N2CCCS(=O)(=O)CC2)ccn1. The van der Waals surface area contributed by atoms with E-state index in [2.05, 4.69) is 4.98 Å². The number of carboxylic acid groups (broad SMARTS) is 1. The molecule has 0 saturated carbocycles. The van der Waals surface area contributed by atoms with Gasteiger partial charge in [-0.25, -0.2) is 18.2 Å². The molecular weight excluding hydrogens is 284 g/mol. The number of pyridine rings is 1. The highest BCUT2D eigenvalue weighted by Gasteiger charge is 2.23. The molecule has 1 aromatic rings. The number of rotatable bonds is 2. The van der Waals surface area contributed by atoms with E-state index in [4.69, 9.17) is 5.11 Å². The molecule has 0 aromatic carbocycles. The lowest BCUT2D eigenvalue weighted by Crippen LogP contribution is -2.33. The molecule has 1 N–H and O–H groups in total. The van der Waals surface area contributed by atoms with Gasteiger partial charge in [0.15, 0.2) is 9.84 Å². The number of nitrogens with zero attached hydrogens (tertiary/aromatic N) is 2. The molecule has 2 heterocycles. The van der Waals surface area contributed by atoms with E-state index < -0.39 is 15.8 Å². The summed E-state index contributed by atoms with van der Waals surface area (Å²) in [5.74, 6) is -1.56. The van der Waals surface area contributed by atoms with Gasteiger partial charge in [0, 0.05) is 24.8 Å². The van der Waals surface area contributed by atoms with Crippen LogP contribution in [0.1, 0.15) is 27.3 Å². The van der Waals surface area contributed by atoms with Gasteiger partial charge in [-0.15, -0.1) is 0 Å². The zero-order valence-corrected chi connectivity index (χ0v) is 11.5. The first-order valence-corrected chi connectivity index (χ1v) is 7.90. The molecule has 8 heteroatoms. The fourth-order valence-electron chi connectivity index (χ4n) is 2.00. The molecule has 0 bridgehead atoms. The Labute approximate surface area is 116 Å². The van der Waals surface area contributed by atoms with Crippen LogP contribution in [0.25, 0.3) is 0 Å². The van der Waals surface area contributed by atoms with Crippen LogP contribution in [0, 0.1) is 0 Å². The van der Waals surface area contributed by atoms with Crippen LogP contribution < -0.4 is 0 Å². The van der Waals surface area contributed by atoms with E-state index >= 15 is 0 Å². The normalized spacial score (nSPS) is 18.3. The molecule has 1 saturated heterocycles. The minimum absolute atomic E-state index is 0.0599. The summed E-state index contributed by atoms with van der Waals surface area (Å²) >= 11 is 0. The Kier molecular flexibility index (Phi) is 4.03. The van der Waals surface area contributed by atoms with Gasteiger partial charge in [-0.1, -0.05) is 0 Å². The van der Waals surface area contributed by atoms with Crippen molar-refractivity contribution in [3.63, 3.8) is 0 Å². The molecule has 0 unspecified atom stereocenters. The Balaban J connectivity index is 2.19. The molecule has 0 radical (unpaired) electrons. The molecule has 1 aliphatic rings. The second kappa shape index (κ2) is 5.58. The number of aromatic nitrogens is 1. The molecule has 1 aliphatic heterocycles. The van der Waals surface area contributed by atoms with Crippen LogP contribution in [0.2, 0.25) is 0 Å². The van der Waals surface area contributed by atoms with E-state index in [9.17, 15) is 18.0 Å². The van der Waals surface area contributed by atoms with Gasteiger partial charge in [-0.05, 0) is 18.6 Å². The Bertz CT molecular complexity index is 641. The number of carbonyl (C=O) groups excluding carboxylic acids is 1. The van der Waals surface area contributed by atoms with Crippen molar-refractivity contribution in [3.05, 3.63) is 29.6 Å². The van der Waals surface area contributed by atoms with Gasteiger partial charge < -0.3 is 10.0 Å². The third-order valence-corrected chi connectivity index (χ3v) is 4.78.